The summed E-state index contributed by atoms with van der Waals surface area (Å²) in [5.74, 6) is -0.154. The van der Waals surface area contributed by atoms with Gasteiger partial charge in [-0.2, -0.15) is 0 Å². The Kier molecular flexibility index (Phi) is 5.29. The van der Waals surface area contributed by atoms with Crippen LogP contribution in [0.25, 0.3) is 0 Å². The van der Waals surface area contributed by atoms with Gasteiger partial charge >= 0.3 is 0 Å². The van der Waals surface area contributed by atoms with Gasteiger partial charge in [-0.05, 0) is 36.4 Å². The van der Waals surface area contributed by atoms with Crippen molar-refractivity contribution in [2.75, 3.05) is 17.2 Å². The Morgan fingerprint density at radius 1 is 1.05 bits per heavy atom. The molecular formula is C14H11BrCl2N2O. The molecule has 3 nitrogen and oxygen atoms in total. The third kappa shape index (κ3) is 4.71. The van der Waals surface area contributed by atoms with Crippen molar-refractivity contribution in [1.82, 2.24) is 0 Å². The summed E-state index contributed by atoms with van der Waals surface area (Å²) in [6.45, 7) is 0.128. The van der Waals surface area contributed by atoms with Crippen LogP contribution in [0.3, 0.4) is 0 Å². The highest BCUT2D eigenvalue weighted by atomic mass is 79.9. The van der Waals surface area contributed by atoms with Crippen molar-refractivity contribution in [3.63, 3.8) is 0 Å². The van der Waals surface area contributed by atoms with E-state index >= 15 is 0 Å². The SMILES string of the molecule is O=C(CNc1cc(Cl)cc(Cl)c1)Nc1cccc(Br)c1. The van der Waals surface area contributed by atoms with Crippen molar-refractivity contribution in [2.45, 2.75) is 0 Å². The fourth-order valence-corrected chi connectivity index (χ4v) is 2.53. The number of hydrogen-bond donors (Lipinski definition) is 2. The maximum atomic E-state index is 11.8. The number of rotatable bonds is 4. The number of halogens is 3. The fourth-order valence-electron chi connectivity index (χ4n) is 1.61. The molecule has 2 aromatic carbocycles. The van der Waals surface area contributed by atoms with E-state index in [1.807, 2.05) is 24.3 Å². The topological polar surface area (TPSA) is 41.1 Å². The van der Waals surface area contributed by atoms with Crippen LogP contribution in [-0.2, 0) is 4.79 Å². The van der Waals surface area contributed by atoms with Crippen LogP contribution in [0.15, 0.2) is 46.9 Å². The van der Waals surface area contributed by atoms with Gasteiger partial charge in [0.1, 0.15) is 0 Å². The van der Waals surface area contributed by atoms with Gasteiger partial charge in [0.05, 0.1) is 6.54 Å². The van der Waals surface area contributed by atoms with Gasteiger partial charge in [0.2, 0.25) is 5.91 Å². The van der Waals surface area contributed by atoms with E-state index in [0.717, 1.165) is 10.2 Å². The van der Waals surface area contributed by atoms with Crippen LogP contribution in [0.4, 0.5) is 11.4 Å². The predicted molar refractivity (Wildman–Crippen MR) is 87.7 cm³/mol. The number of hydrogen-bond acceptors (Lipinski definition) is 2. The average Bonchev–Trinajstić information content (AvgIpc) is 2.35. The summed E-state index contributed by atoms with van der Waals surface area (Å²) in [5.41, 5.74) is 1.43. The molecule has 0 radical (unpaired) electrons. The number of carbonyl (C=O) groups is 1. The molecule has 0 unspecified atom stereocenters. The number of benzene rings is 2. The minimum atomic E-state index is -0.154. The summed E-state index contributed by atoms with van der Waals surface area (Å²) >= 11 is 15.1. The molecule has 0 saturated heterocycles. The molecule has 0 fully saturated rings. The van der Waals surface area contributed by atoms with E-state index in [1.165, 1.54) is 0 Å². The van der Waals surface area contributed by atoms with E-state index in [4.69, 9.17) is 23.2 Å². The maximum Gasteiger partial charge on any atom is 0.243 e. The quantitative estimate of drug-likeness (QED) is 0.807. The number of nitrogens with one attached hydrogen (secondary N) is 2. The van der Waals surface area contributed by atoms with Gasteiger partial charge in [0, 0.05) is 25.9 Å². The van der Waals surface area contributed by atoms with Crippen molar-refractivity contribution < 1.29 is 4.79 Å². The molecule has 0 heterocycles. The second-order valence-corrected chi connectivity index (χ2v) is 5.86. The number of amides is 1. The molecule has 0 aliphatic heterocycles. The molecule has 104 valence electrons. The van der Waals surface area contributed by atoms with Crippen LogP contribution in [-0.4, -0.2) is 12.5 Å². The normalized spacial score (nSPS) is 10.2. The van der Waals surface area contributed by atoms with Crippen molar-refractivity contribution in [3.8, 4) is 0 Å². The maximum absolute atomic E-state index is 11.8. The minimum absolute atomic E-state index is 0.128. The molecule has 0 aliphatic rings. The van der Waals surface area contributed by atoms with Crippen molar-refractivity contribution in [2.24, 2.45) is 0 Å². The monoisotopic (exact) mass is 372 g/mol. The second-order valence-electron chi connectivity index (χ2n) is 4.07. The van der Waals surface area contributed by atoms with Gasteiger partial charge in [-0.1, -0.05) is 45.2 Å². The first-order valence-electron chi connectivity index (χ1n) is 5.78. The summed E-state index contributed by atoms with van der Waals surface area (Å²) in [6, 6.07) is 12.4. The lowest BCUT2D eigenvalue weighted by Gasteiger charge is -2.09. The second kappa shape index (κ2) is 6.97. The van der Waals surface area contributed by atoms with Crippen molar-refractivity contribution in [3.05, 3.63) is 57.0 Å². The number of carbonyl (C=O) groups excluding carboxylic acids is 1. The number of anilines is 2. The molecule has 6 heteroatoms. The lowest BCUT2D eigenvalue weighted by molar-refractivity contribution is -0.114. The van der Waals surface area contributed by atoms with E-state index in [0.29, 0.717) is 15.7 Å². The highest BCUT2D eigenvalue weighted by Gasteiger charge is 2.04. The lowest BCUT2D eigenvalue weighted by atomic mass is 10.3. The molecule has 0 aromatic heterocycles. The summed E-state index contributed by atoms with van der Waals surface area (Å²) in [4.78, 5) is 11.8. The van der Waals surface area contributed by atoms with Gasteiger partial charge in [0.15, 0.2) is 0 Å². The molecular weight excluding hydrogens is 363 g/mol. The zero-order valence-electron chi connectivity index (χ0n) is 10.3. The first-order valence-corrected chi connectivity index (χ1v) is 7.33. The third-order valence-corrected chi connectivity index (χ3v) is 3.35. The Hall–Kier alpha value is -1.23. The first kappa shape index (κ1) is 15.2. The molecule has 1 amide bonds. The van der Waals surface area contributed by atoms with Gasteiger partial charge in [-0.3, -0.25) is 4.79 Å². The largest absolute Gasteiger partial charge is 0.376 e. The van der Waals surface area contributed by atoms with E-state index in [2.05, 4.69) is 26.6 Å². The van der Waals surface area contributed by atoms with Crippen LogP contribution >= 0.6 is 39.1 Å². The van der Waals surface area contributed by atoms with Gasteiger partial charge < -0.3 is 10.6 Å². The predicted octanol–water partition coefficient (Wildman–Crippen LogP) is 4.81. The molecule has 2 rings (SSSR count). The summed E-state index contributed by atoms with van der Waals surface area (Å²) in [6.07, 6.45) is 0. The Morgan fingerprint density at radius 3 is 2.40 bits per heavy atom. The lowest BCUT2D eigenvalue weighted by Crippen LogP contribution is -2.21. The van der Waals surface area contributed by atoms with Gasteiger partial charge in [0.25, 0.3) is 0 Å². The van der Waals surface area contributed by atoms with E-state index in [9.17, 15) is 4.79 Å². The molecule has 0 atom stereocenters. The van der Waals surface area contributed by atoms with Crippen LogP contribution in [0.1, 0.15) is 0 Å². The van der Waals surface area contributed by atoms with Crippen LogP contribution in [0.5, 0.6) is 0 Å². The molecule has 0 spiro atoms. The molecule has 20 heavy (non-hydrogen) atoms. The zero-order valence-corrected chi connectivity index (χ0v) is 13.4. The van der Waals surface area contributed by atoms with Gasteiger partial charge in [-0.15, -0.1) is 0 Å². The average molecular weight is 374 g/mol. The summed E-state index contributed by atoms with van der Waals surface area (Å²) in [5, 5.41) is 6.79. The Bertz CT molecular complexity index is 614. The van der Waals surface area contributed by atoms with Crippen LogP contribution in [0, 0.1) is 0 Å². The fraction of sp³-hybridized carbons (Fsp3) is 0.0714. The Morgan fingerprint density at radius 2 is 1.75 bits per heavy atom. The molecule has 0 saturated carbocycles. The van der Waals surface area contributed by atoms with E-state index in [-0.39, 0.29) is 12.5 Å². The third-order valence-electron chi connectivity index (χ3n) is 2.42. The molecule has 0 bridgehead atoms. The van der Waals surface area contributed by atoms with Crippen LogP contribution in [0.2, 0.25) is 10.0 Å². The minimum Gasteiger partial charge on any atom is -0.376 e. The molecule has 2 N–H and O–H groups in total. The Balaban J connectivity index is 1.92. The molecule has 2 aromatic rings. The summed E-state index contributed by atoms with van der Waals surface area (Å²) in [7, 11) is 0. The van der Waals surface area contributed by atoms with Crippen LogP contribution < -0.4 is 10.6 Å². The zero-order chi connectivity index (χ0) is 14.5. The van der Waals surface area contributed by atoms with E-state index in [1.54, 1.807) is 18.2 Å². The van der Waals surface area contributed by atoms with E-state index < -0.39 is 0 Å². The summed E-state index contributed by atoms with van der Waals surface area (Å²) < 4.78 is 0.907. The Labute approximate surface area is 135 Å². The molecule has 0 aliphatic carbocycles. The smallest absolute Gasteiger partial charge is 0.243 e. The highest BCUT2D eigenvalue weighted by Crippen LogP contribution is 2.22. The highest BCUT2D eigenvalue weighted by molar-refractivity contribution is 9.10. The van der Waals surface area contributed by atoms with Crippen molar-refractivity contribution >= 4 is 56.4 Å². The first-order chi connectivity index (χ1) is 9.52. The van der Waals surface area contributed by atoms with Gasteiger partial charge in [-0.25, -0.2) is 0 Å². The van der Waals surface area contributed by atoms with Crippen molar-refractivity contribution in [1.29, 1.82) is 0 Å². The standard InChI is InChI=1S/C14H11BrCl2N2O/c15-9-2-1-3-12(4-9)19-14(20)8-18-13-6-10(16)5-11(17)7-13/h1-7,18H,8H2,(H,19,20).